The topological polar surface area (TPSA) is 84.2 Å². The van der Waals surface area contributed by atoms with Crippen LogP contribution in [0.5, 0.6) is 0 Å². The maximum absolute atomic E-state index is 12.1. The average molecular weight is 369 g/mol. The lowest BCUT2D eigenvalue weighted by molar-refractivity contribution is -0.115. The van der Waals surface area contributed by atoms with Crippen LogP contribution in [0.25, 0.3) is 11.5 Å². The fourth-order valence-electron chi connectivity index (χ4n) is 2.33. The van der Waals surface area contributed by atoms with Crippen molar-refractivity contribution in [2.45, 2.75) is 20.8 Å². The molecular weight excluding hydrogens is 350 g/mol. The van der Waals surface area contributed by atoms with Gasteiger partial charge in [-0.3, -0.25) is 9.59 Å². The summed E-state index contributed by atoms with van der Waals surface area (Å²) in [5, 5.41) is 7.56. The lowest BCUT2D eigenvalue weighted by Gasteiger charge is -2.07. The second-order valence-electron chi connectivity index (χ2n) is 5.98. The molecule has 0 radical (unpaired) electrons. The molecule has 0 unspecified atom stereocenters. The first-order valence-electron chi connectivity index (χ1n) is 8.10. The van der Waals surface area contributed by atoms with Crippen molar-refractivity contribution in [2.75, 3.05) is 11.9 Å². The number of thiazole rings is 1. The number of nitrogens with one attached hydrogen (secondary N) is 2. The fourth-order valence-corrected chi connectivity index (χ4v) is 3.04. The number of benzene rings is 1. The zero-order chi connectivity index (χ0) is 18.7. The summed E-state index contributed by atoms with van der Waals surface area (Å²) in [4.78, 5) is 28.5. The van der Waals surface area contributed by atoms with Gasteiger partial charge in [-0.1, -0.05) is 6.07 Å². The molecule has 2 heterocycles. The summed E-state index contributed by atoms with van der Waals surface area (Å²) in [7, 11) is 0. The molecule has 3 rings (SSSR count). The highest BCUT2D eigenvalue weighted by Gasteiger charge is 2.12. The minimum Gasteiger partial charge on any atom is -0.460 e. The molecular formula is C19H19N3O3S. The van der Waals surface area contributed by atoms with Crippen molar-refractivity contribution >= 4 is 28.3 Å². The minimum absolute atomic E-state index is 0.124. The quantitative estimate of drug-likeness (QED) is 0.718. The molecule has 0 atom stereocenters. The highest BCUT2D eigenvalue weighted by Crippen LogP contribution is 2.26. The molecule has 0 fully saturated rings. The van der Waals surface area contributed by atoms with E-state index in [-0.39, 0.29) is 18.4 Å². The van der Waals surface area contributed by atoms with Crippen molar-refractivity contribution in [3.63, 3.8) is 0 Å². The molecule has 1 aromatic carbocycles. The number of aryl methyl sites for hydroxylation is 3. The Morgan fingerprint density at radius 3 is 2.62 bits per heavy atom. The summed E-state index contributed by atoms with van der Waals surface area (Å²) in [5.41, 5.74) is 3.35. The van der Waals surface area contributed by atoms with Gasteiger partial charge in [0.1, 0.15) is 11.5 Å². The van der Waals surface area contributed by atoms with Gasteiger partial charge >= 0.3 is 0 Å². The number of carbonyl (C=O) groups excluding carboxylic acids is 2. The Bertz CT molecular complexity index is 959. The fraction of sp³-hybridized carbons (Fsp3) is 0.211. The summed E-state index contributed by atoms with van der Waals surface area (Å²) in [6.45, 7) is 5.66. The Kier molecular flexibility index (Phi) is 5.18. The van der Waals surface area contributed by atoms with Crippen LogP contribution in [0, 0.1) is 20.8 Å². The van der Waals surface area contributed by atoms with Gasteiger partial charge in [-0.15, -0.1) is 11.3 Å². The molecule has 3 aromatic rings. The van der Waals surface area contributed by atoms with Gasteiger partial charge < -0.3 is 15.1 Å². The maximum atomic E-state index is 12.1. The van der Waals surface area contributed by atoms with Crippen molar-refractivity contribution in [1.29, 1.82) is 0 Å². The summed E-state index contributed by atoms with van der Waals surface area (Å²) in [6, 6.07) is 9.13. The summed E-state index contributed by atoms with van der Waals surface area (Å²) in [6.07, 6.45) is 0. The third-order valence-electron chi connectivity index (χ3n) is 3.92. The molecule has 0 aliphatic carbocycles. The number of rotatable bonds is 5. The smallest absolute Gasteiger partial charge is 0.251 e. The van der Waals surface area contributed by atoms with Crippen molar-refractivity contribution in [3.05, 3.63) is 58.2 Å². The van der Waals surface area contributed by atoms with Crippen molar-refractivity contribution in [1.82, 2.24) is 10.3 Å². The number of furan rings is 1. The Morgan fingerprint density at radius 2 is 1.92 bits per heavy atom. The van der Waals surface area contributed by atoms with E-state index in [0.29, 0.717) is 22.1 Å². The van der Waals surface area contributed by atoms with Crippen LogP contribution >= 0.6 is 11.3 Å². The van der Waals surface area contributed by atoms with Crippen molar-refractivity contribution < 1.29 is 14.0 Å². The normalized spacial score (nSPS) is 10.6. The molecule has 0 aliphatic heterocycles. The third-order valence-corrected chi connectivity index (χ3v) is 4.68. The van der Waals surface area contributed by atoms with Crippen LogP contribution < -0.4 is 10.6 Å². The molecule has 134 valence electrons. The van der Waals surface area contributed by atoms with Gasteiger partial charge in [0, 0.05) is 10.9 Å². The lowest BCUT2D eigenvalue weighted by atomic mass is 10.1. The van der Waals surface area contributed by atoms with Gasteiger partial charge in [-0.25, -0.2) is 4.98 Å². The van der Waals surface area contributed by atoms with E-state index in [1.54, 1.807) is 12.1 Å². The Balaban J connectivity index is 1.55. The molecule has 0 saturated carbocycles. The van der Waals surface area contributed by atoms with Gasteiger partial charge in [0.05, 0.1) is 6.54 Å². The Hall–Kier alpha value is -2.93. The summed E-state index contributed by atoms with van der Waals surface area (Å²) in [5.74, 6) is 0.836. The number of aromatic nitrogens is 1. The number of amides is 2. The molecule has 2 aromatic heterocycles. The van der Waals surface area contributed by atoms with E-state index in [0.717, 1.165) is 16.9 Å². The van der Waals surface area contributed by atoms with E-state index >= 15 is 0 Å². The number of hydrogen-bond donors (Lipinski definition) is 2. The first-order chi connectivity index (χ1) is 12.4. The second kappa shape index (κ2) is 7.53. The van der Waals surface area contributed by atoms with E-state index in [1.807, 2.05) is 44.4 Å². The van der Waals surface area contributed by atoms with Crippen molar-refractivity contribution in [2.24, 2.45) is 0 Å². The molecule has 2 N–H and O–H groups in total. The third kappa shape index (κ3) is 4.18. The largest absolute Gasteiger partial charge is 0.460 e. The van der Waals surface area contributed by atoms with Gasteiger partial charge in [-0.05, 0) is 56.2 Å². The van der Waals surface area contributed by atoms with E-state index in [9.17, 15) is 9.59 Å². The molecule has 2 amide bonds. The zero-order valence-electron chi connectivity index (χ0n) is 14.8. The lowest BCUT2D eigenvalue weighted by Crippen LogP contribution is -2.32. The van der Waals surface area contributed by atoms with E-state index in [2.05, 4.69) is 15.6 Å². The van der Waals surface area contributed by atoms with Gasteiger partial charge in [0.15, 0.2) is 10.9 Å². The Labute approximate surface area is 155 Å². The predicted octanol–water partition coefficient (Wildman–Crippen LogP) is 3.70. The van der Waals surface area contributed by atoms with Crippen LogP contribution in [0.4, 0.5) is 5.13 Å². The molecule has 6 nitrogen and oxygen atoms in total. The number of nitrogens with zero attached hydrogens (tertiary/aromatic N) is 1. The van der Waals surface area contributed by atoms with Gasteiger partial charge in [0.2, 0.25) is 5.91 Å². The standard InChI is InChI=1S/C19H19N3O3S/c1-11-4-6-14(8-12(11)2)18(24)20-9-17(23)22-19-21-15(10-26-19)16-7-5-13(3)25-16/h4-8,10H,9H2,1-3H3,(H,20,24)(H,21,22,23). The highest BCUT2D eigenvalue weighted by molar-refractivity contribution is 7.14. The summed E-state index contributed by atoms with van der Waals surface area (Å²) >= 11 is 1.30. The van der Waals surface area contributed by atoms with Crippen LogP contribution in [0.15, 0.2) is 40.1 Å². The number of hydrogen-bond acceptors (Lipinski definition) is 5. The van der Waals surface area contributed by atoms with Crippen molar-refractivity contribution in [3.8, 4) is 11.5 Å². The number of carbonyl (C=O) groups is 2. The van der Waals surface area contributed by atoms with Crippen LogP contribution in [0.3, 0.4) is 0 Å². The van der Waals surface area contributed by atoms with Crippen LogP contribution in [0.1, 0.15) is 27.2 Å². The van der Waals surface area contributed by atoms with Crippen LogP contribution in [-0.2, 0) is 4.79 Å². The van der Waals surface area contributed by atoms with Crippen LogP contribution in [0.2, 0.25) is 0 Å². The molecule has 26 heavy (non-hydrogen) atoms. The highest BCUT2D eigenvalue weighted by atomic mass is 32.1. The summed E-state index contributed by atoms with van der Waals surface area (Å²) < 4.78 is 5.51. The molecule has 7 heteroatoms. The zero-order valence-corrected chi connectivity index (χ0v) is 15.6. The second-order valence-corrected chi connectivity index (χ2v) is 6.84. The number of anilines is 1. The molecule has 0 aliphatic rings. The van der Waals surface area contributed by atoms with Gasteiger partial charge in [-0.2, -0.15) is 0 Å². The first kappa shape index (κ1) is 17.9. The first-order valence-corrected chi connectivity index (χ1v) is 8.98. The average Bonchev–Trinajstić information content (AvgIpc) is 3.24. The predicted molar refractivity (Wildman–Crippen MR) is 101 cm³/mol. The minimum atomic E-state index is -0.335. The van der Waals surface area contributed by atoms with E-state index in [1.165, 1.54) is 11.3 Å². The van der Waals surface area contributed by atoms with E-state index in [4.69, 9.17) is 4.42 Å². The molecule has 0 saturated heterocycles. The maximum Gasteiger partial charge on any atom is 0.251 e. The van der Waals surface area contributed by atoms with Crippen LogP contribution in [-0.4, -0.2) is 23.3 Å². The molecule has 0 bridgehead atoms. The van der Waals surface area contributed by atoms with Gasteiger partial charge in [0.25, 0.3) is 5.91 Å². The monoisotopic (exact) mass is 369 g/mol. The SMILES string of the molecule is Cc1ccc(-c2csc(NC(=O)CNC(=O)c3ccc(C)c(C)c3)n2)o1. The van der Waals surface area contributed by atoms with E-state index < -0.39 is 0 Å². The Morgan fingerprint density at radius 1 is 1.12 bits per heavy atom. The molecule has 0 spiro atoms.